The summed E-state index contributed by atoms with van der Waals surface area (Å²) < 4.78 is 0. The van der Waals surface area contributed by atoms with Gasteiger partial charge in [0.1, 0.15) is 5.84 Å². The monoisotopic (exact) mass is 128 g/mol. The molecule has 52 valence electrons. The van der Waals surface area contributed by atoms with Crippen LogP contribution in [-0.4, -0.2) is 18.8 Å². The van der Waals surface area contributed by atoms with Gasteiger partial charge in [-0.15, -0.1) is 0 Å². The van der Waals surface area contributed by atoms with Gasteiger partial charge in [0.05, 0.1) is 0 Å². The fourth-order valence-corrected chi connectivity index (χ4v) is 0.506. The lowest BCUT2D eigenvalue weighted by molar-refractivity contribution is -0.117. The molecule has 3 heteroatoms. The van der Waals surface area contributed by atoms with Crippen molar-refractivity contribution in [2.75, 3.05) is 7.05 Å². The molecular formula is C6H12N2O. The van der Waals surface area contributed by atoms with Crippen LogP contribution in [0.4, 0.5) is 0 Å². The Bertz CT molecular complexity index is 129. The van der Waals surface area contributed by atoms with Gasteiger partial charge >= 0.3 is 0 Å². The van der Waals surface area contributed by atoms with Crippen LogP contribution < -0.4 is 5.32 Å². The third-order valence-corrected chi connectivity index (χ3v) is 0.925. The number of nitrogens with zero attached hydrogens (tertiary/aromatic N) is 1. The fraction of sp³-hybridized carbons (Fsp3) is 0.667. The van der Waals surface area contributed by atoms with Gasteiger partial charge < -0.3 is 5.32 Å². The third-order valence-electron chi connectivity index (χ3n) is 0.925. The van der Waals surface area contributed by atoms with Gasteiger partial charge in [-0.25, -0.2) is 0 Å². The number of hydrogen-bond acceptors (Lipinski definition) is 2. The topological polar surface area (TPSA) is 41.5 Å². The Labute approximate surface area is 55.2 Å². The second-order valence-electron chi connectivity index (χ2n) is 1.71. The summed E-state index contributed by atoms with van der Waals surface area (Å²) in [6, 6.07) is 0. The Balaban J connectivity index is 3.71. The molecule has 0 radical (unpaired) electrons. The third kappa shape index (κ3) is 3.70. The first-order chi connectivity index (χ1) is 4.20. The summed E-state index contributed by atoms with van der Waals surface area (Å²) in [6.07, 6.45) is 0.774. The van der Waals surface area contributed by atoms with Crippen LogP contribution in [0.3, 0.4) is 0 Å². The van der Waals surface area contributed by atoms with E-state index in [-0.39, 0.29) is 5.91 Å². The molecule has 0 aromatic rings. The van der Waals surface area contributed by atoms with Crippen LogP contribution in [0.1, 0.15) is 20.3 Å². The molecule has 0 rings (SSSR count). The lowest BCUT2D eigenvalue weighted by Crippen LogP contribution is -2.27. The highest BCUT2D eigenvalue weighted by Gasteiger charge is 1.94. The molecule has 0 saturated heterocycles. The predicted molar refractivity (Wildman–Crippen MR) is 37.5 cm³/mol. The minimum absolute atomic E-state index is 0.0579. The van der Waals surface area contributed by atoms with E-state index in [1.165, 1.54) is 6.92 Å². The normalized spacial score (nSPS) is 11.2. The average Bonchev–Trinajstić information content (AvgIpc) is 1.82. The largest absolute Gasteiger partial charge is 0.315 e. The Kier molecular flexibility index (Phi) is 3.67. The maximum absolute atomic E-state index is 10.4. The van der Waals surface area contributed by atoms with E-state index in [4.69, 9.17) is 0 Å². The second kappa shape index (κ2) is 4.06. The summed E-state index contributed by atoms with van der Waals surface area (Å²) in [5, 5.41) is 2.59. The van der Waals surface area contributed by atoms with Crippen molar-refractivity contribution >= 4 is 11.7 Å². The van der Waals surface area contributed by atoms with Crippen LogP contribution in [0.5, 0.6) is 0 Å². The van der Waals surface area contributed by atoms with Crippen molar-refractivity contribution in [3.05, 3.63) is 0 Å². The molecule has 3 nitrogen and oxygen atoms in total. The highest BCUT2D eigenvalue weighted by molar-refractivity contribution is 5.96. The highest BCUT2D eigenvalue weighted by atomic mass is 16.1. The van der Waals surface area contributed by atoms with Crippen molar-refractivity contribution < 1.29 is 4.79 Å². The zero-order chi connectivity index (χ0) is 7.28. The molecule has 1 N–H and O–H groups in total. The van der Waals surface area contributed by atoms with Crippen LogP contribution in [0.25, 0.3) is 0 Å². The molecule has 0 heterocycles. The molecule has 0 aromatic heterocycles. The minimum Gasteiger partial charge on any atom is -0.315 e. The number of amides is 1. The summed E-state index contributed by atoms with van der Waals surface area (Å²) in [7, 11) is 1.66. The van der Waals surface area contributed by atoms with Crippen LogP contribution >= 0.6 is 0 Å². The summed E-state index contributed by atoms with van der Waals surface area (Å²) in [4.78, 5) is 14.2. The Hall–Kier alpha value is -0.860. The summed E-state index contributed by atoms with van der Waals surface area (Å²) in [5.74, 6) is 0.681. The SMILES string of the molecule is CC/C(=N\C)NC(C)=O. The van der Waals surface area contributed by atoms with E-state index in [0.29, 0.717) is 0 Å². The number of hydrogen-bond donors (Lipinski definition) is 1. The van der Waals surface area contributed by atoms with Crippen LogP contribution in [0.15, 0.2) is 4.99 Å². The summed E-state index contributed by atoms with van der Waals surface area (Å²) in [5.41, 5.74) is 0. The molecule has 0 atom stereocenters. The quantitative estimate of drug-likeness (QED) is 0.407. The summed E-state index contributed by atoms with van der Waals surface area (Å²) in [6.45, 7) is 3.42. The average molecular weight is 128 g/mol. The standard InChI is InChI=1S/C6H12N2O/c1-4-6(7-3)8-5(2)9/h4H2,1-3H3,(H,7,8,9). The van der Waals surface area contributed by atoms with Gasteiger partial charge in [-0.05, 0) is 0 Å². The molecule has 0 unspecified atom stereocenters. The van der Waals surface area contributed by atoms with Crippen molar-refractivity contribution in [1.82, 2.24) is 5.32 Å². The van der Waals surface area contributed by atoms with Gasteiger partial charge in [-0.3, -0.25) is 9.79 Å². The zero-order valence-electron chi connectivity index (χ0n) is 6.06. The first-order valence-corrected chi connectivity index (χ1v) is 2.94. The van der Waals surface area contributed by atoms with Crippen molar-refractivity contribution in [2.24, 2.45) is 4.99 Å². The zero-order valence-corrected chi connectivity index (χ0v) is 6.06. The molecule has 0 aliphatic carbocycles. The van der Waals surface area contributed by atoms with Crippen LogP contribution in [0, 0.1) is 0 Å². The predicted octanol–water partition coefficient (Wildman–Crippen LogP) is 0.561. The number of nitrogens with one attached hydrogen (secondary N) is 1. The summed E-state index contributed by atoms with van der Waals surface area (Å²) >= 11 is 0. The first kappa shape index (κ1) is 8.14. The van der Waals surface area contributed by atoms with E-state index in [9.17, 15) is 4.79 Å². The van der Waals surface area contributed by atoms with Crippen LogP contribution in [-0.2, 0) is 4.79 Å². The van der Waals surface area contributed by atoms with Crippen molar-refractivity contribution in [3.63, 3.8) is 0 Å². The van der Waals surface area contributed by atoms with E-state index < -0.39 is 0 Å². The number of rotatable bonds is 1. The number of carbonyl (C=O) groups is 1. The molecular weight excluding hydrogens is 116 g/mol. The molecule has 0 aromatic carbocycles. The van der Waals surface area contributed by atoms with Crippen molar-refractivity contribution in [2.45, 2.75) is 20.3 Å². The fourth-order valence-electron chi connectivity index (χ4n) is 0.506. The maximum atomic E-state index is 10.4. The van der Waals surface area contributed by atoms with Crippen molar-refractivity contribution in [1.29, 1.82) is 0 Å². The Morgan fingerprint density at radius 1 is 1.67 bits per heavy atom. The molecule has 0 spiro atoms. The maximum Gasteiger partial charge on any atom is 0.222 e. The lowest BCUT2D eigenvalue weighted by atomic mass is 10.4. The van der Waals surface area contributed by atoms with E-state index in [1.807, 2.05) is 6.92 Å². The number of amidine groups is 1. The van der Waals surface area contributed by atoms with Gasteiger partial charge in [0, 0.05) is 20.4 Å². The molecule has 0 fully saturated rings. The van der Waals surface area contributed by atoms with E-state index >= 15 is 0 Å². The Morgan fingerprint density at radius 2 is 2.22 bits per heavy atom. The molecule has 9 heavy (non-hydrogen) atoms. The van der Waals surface area contributed by atoms with Gasteiger partial charge in [0.25, 0.3) is 0 Å². The van der Waals surface area contributed by atoms with Gasteiger partial charge in [0.15, 0.2) is 0 Å². The van der Waals surface area contributed by atoms with Crippen LogP contribution in [0.2, 0.25) is 0 Å². The molecule has 0 aliphatic rings. The number of carbonyl (C=O) groups excluding carboxylic acids is 1. The van der Waals surface area contributed by atoms with E-state index in [1.54, 1.807) is 7.05 Å². The second-order valence-corrected chi connectivity index (χ2v) is 1.71. The van der Waals surface area contributed by atoms with Gasteiger partial charge in [-0.1, -0.05) is 6.92 Å². The van der Waals surface area contributed by atoms with Gasteiger partial charge in [0.2, 0.25) is 5.91 Å². The number of aliphatic imine (C=N–C) groups is 1. The molecule has 0 bridgehead atoms. The molecule has 1 amide bonds. The lowest BCUT2D eigenvalue weighted by Gasteiger charge is -2.00. The molecule has 0 saturated carbocycles. The van der Waals surface area contributed by atoms with E-state index in [0.717, 1.165) is 12.3 Å². The smallest absolute Gasteiger partial charge is 0.222 e. The first-order valence-electron chi connectivity index (χ1n) is 2.94. The highest BCUT2D eigenvalue weighted by Crippen LogP contribution is 1.78. The minimum atomic E-state index is -0.0579. The molecule has 0 aliphatic heterocycles. The van der Waals surface area contributed by atoms with Crippen molar-refractivity contribution in [3.8, 4) is 0 Å². The Morgan fingerprint density at radius 3 is 2.33 bits per heavy atom. The van der Waals surface area contributed by atoms with E-state index in [2.05, 4.69) is 10.3 Å². The van der Waals surface area contributed by atoms with Gasteiger partial charge in [-0.2, -0.15) is 0 Å².